The smallest absolute Gasteiger partial charge is 0.348 e. The van der Waals surface area contributed by atoms with Crippen LogP contribution in [0.2, 0.25) is 0 Å². The van der Waals surface area contributed by atoms with E-state index in [1.807, 2.05) is 17.9 Å². The predicted octanol–water partition coefficient (Wildman–Crippen LogP) is -0.472. The van der Waals surface area contributed by atoms with E-state index < -0.39 is 0 Å². The SMILES string of the molecule is Cc1cc(C)n(CC(=O)N2CCC(N3CC(O)C3)CC2)c(=O)n1. The molecule has 1 N–H and O–H groups in total. The van der Waals surface area contributed by atoms with Gasteiger partial charge in [-0.05, 0) is 32.8 Å². The molecule has 0 aromatic carbocycles. The van der Waals surface area contributed by atoms with Gasteiger partial charge in [-0.25, -0.2) is 4.79 Å². The Bertz CT molecular complexity index is 643. The summed E-state index contributed by atoms with van der Waals surface area (Å²) in [5.74, 6) is -0.0250. The average Bonchev–Trinajstić information content (AvgIpc) is 2.47. The zero-order chi connectivity index (χ0) is 16.6. The van der Waals surface area contributed by atoms with Crippen LogP contribution in [0.15, 0.2) is 10.9 Å². The highest BCUT2D eigenvalue weighted by Gasteiger charge is 2.33. The van der Waals surface area contributed by atoms with Crippen molar-refractivity contribution < 1.29 is 9.90 Å². The molecule has 126 valence electrons. The van der Waals surface area contributed by atoms with Crippen LogP contribution in [0.5, 0.6) is 0 Å². The normalized spacial score (nSPS) is 20.6. The lowest BCUT2D eigenvalue weighted by atomic mass is 9.98. The summed E-state index contributed by atoms with van der Waals surface area (Å²) in [7, 11) is 0. The maximum atomic E-state index is 12.5. The van der Waals surface area contributed by atoms with Gasteiger partial charge in [0.1, 0.15) is 6.54 Å². The minimum atomic E-state index is -0.361. The number of aliphatic hydroxyl groups is 1. The number of aryl methyl sites for hydroxylation is 2. The van der Waals surface area contributed by atoms with Crippen molar-refractivity contribution >= 4 is 5.91 Å². The van der Waals surface area contributed by atoms with E-state index in [0.717, 1.165) is 31.6 Å². The van der Waals surface area contributed by atoms with Gasteiger partial charge in [0.2, 0.25) is 5.91 Å². The van der Waals surface area contributed by atoms with Crippen LogP contribution in [0.4, 0.5) is 0 Å². The van der Waals surface area contributed by atoms with E-state index in [2.05, 4.69) is 9.88 Å². The highest BCUT2D eigenvalue weighted by atomic mass is 16.3. The van der Waals surface area contributed by atoms with Crippen LogP contribution in [0.25, 0.3) is 0 Å². The zero-order valence-corrected chi connectivity index (χ0v) is 13.7. The van der Waals surface area contributed by atoms with Gasteiger partial charge in [-0.3, -0.25) is 14.3 Å². The van der Waals surface area contributed by atoms with Gasteiger partial charge in [0.05, 0.1) is 6.10 Å². The van der Waals surface area contributed by atoms with Crippen LogP contribution in [-0.2, 0) is 11.3 Å². The van der Waals surface area contributed by atoms with Gasteiger partial charge in [-0.1, -0.05) is 0 Å². The third-order valence-electron chi connectivity index (χ3n) is 4.86. The number of likely N-dealkylation sites (tertiary alicyclic amines) is 2. The van der Waals surface area contributed by atoms with Crippen molar-refractivity contribution in [3.63, 3.8) is 0 Å². The monoisotopic (exact) mass is 320 g/mol. The first-order chi connectivity index (χ1) is 10.9. The number of aromatic nitrogens is 2. The van der Waals surface area contributed by atoms with Crippen LogP contribution in [0.1, 0.15) is 24.2 Å². The first kappa shape index (κ1) is 16.1. The number of piperidine rings is 1. The lowest BCUT2D eigenvalue weighted by molar-refractivity contribution is -0.134. The number of carbonyl (C=O) groups is 1. The highest BCUT2D eigenvalue weighted by molar-refractivity contribution is 5.76. The van der Waals surface area contributed by atoms with E-state index in [0.29, 0.717) is 24.8 Å². The summed E-state index contributed by atoms with van der Waals surface area (Å²) in [5, 5.41) is 9.38. The first-order valence-electron chi connectivity index (χ1n) is 8.19. The van der Waals surface area contributed by atoms with Gasteiger partial charge in [-0.15, -0.1) is 0 Å². The topological polar surface area (TPSA) is 78.7 Å². The molecule has 23 heavy (non-hydrogen) atoms. The highest BCUT2D eigenvalue weighted by Crippen LogP contribution is 2.21. The van der Waals surface area contributed by atoms with Gasteiger partial charge >= 0.3 is 5.69 Å². The Morgan fingerprint density at radius 1 is 1.30 bits per heavy atom. The van der Waals surface area contributed by atoms with Crippen LogP contribution >= 0.6 is 0 Å². The molecule has 1 aromatic rings. The standard InChI is InChI=1S/C16H24N4O3/c1-11-7-12(2)20(16(23)17-11)10-15(22)18-5-3-13(4-6-18)19-8-14(21)9-19/h7,13-14,21H,3-6,8-10H2,1-2H3. The summed E-state index contributed by atoms with van der Waals surface area (Å²) in [5.41, 5.74) is 1.08. The molecule has 7 nitrogen and oxygen atoms in total. The quantitative estimate of drug-likeness (QED) is 0.814. The number of β-amino-alcohol motifs (C(OH)–C–C–N with tert-alkyl or cyclic N) is 1. The zero-order valence-electron chi connectivity index (χ0n) is 13.7. The third kappa shape index (κ3) is 3.45. The van der Waals surface area contributed by atoms with E-state index in [4.69, 9.17) is 0 Å². The Hall–Kier alpha value is -1.73. The van der Waals surface area contributed by atoms with E-state index in [1.54, 1.807) is 6.92 Å². The van der Waals surface area contributed by atoms with E-state index in [-0.39, 0.29) is 24.2 Å². The number of hydrogen-bond donors (Lipinski definition) is 1. The second-order valence-electron chi connectivity index (χ2n) is 6.63. The van der Waals surface area contributed by atoms with Crippen molar-refractivity contribution in [2.45, 2.75) is 45.4 Å². The van der Waals surface area contributed by atoms with Crippen LogP contribution in [-0.4, -0.2) is 68.7 Å². The molecule has 2 fully saturated rings. The molecule has 0 aliphatic carbocycles. The molecule has 2 saturated heterocycles. The summed E-state index contributed by atoms with van der Waals surface area (Å²) in [6, 6.07) is 2.28. The fourth-order valence-electron chi connectivity index (χ4n) is 3.47. The molecule has 0 saturated carbocycles. The summed E-state index contributed by atoms with van der Waals surface area (Å²) in [6.07, 6.45) is 1.68. The number of aliphatic hydroxyl groups excluding tert-OH is 1. The number of hydrogen-bond acceptors (Lipinski definition) is 5. The van der Waals surface area contributed by atoms with Gasteiger partial charge in [-0.2, -0.15) is 4.98 Å². The molecule has 2 aliphatic heterocycles. The first-order valence-corrected chi connectivity index (χ1v) is 8.19. The van der Waals surface area contributed by atoms with Gasteiger partial charge in [0.25, 0.3) is 0 Å². The molecule has 0 radical (unpaired) electrons. The van der Waals surface area contributed by atoms with Crippen molar-refractivity contribution in [1.82, 2.24) is 19.4 Å². The van der Waals surface area contributed by atoms with Crippen molar-refractivity contribution in [3.05, 3.63) is 27.9 Å². The maximum absolute atomic E-state index is 12.5. The maximum Gasteiger partial charge on any atom is 0.348 e. The Morgan fingerprint density at radius 2 is 1.96 bits per heavy atom. The minimum Gasteiger partial charge on any atom is -0.390 e. The summed E-state index contributed by atoms with van der Waals surface area (Å²) in [6.45, 7) is 6.59. The molecular weight excluding hydrogens is 296 g/mol. The van der Waals surface area contributed by atoms with E-state index in [1.165, 1.54) is 4.57 Å². The molecule has 2 aliphatic rings. The van der Waals surface area contributed by atoms with Gasteiger partial charge in [0, 0.05) is 43.6 Å². The Labute approximate surface area is 135 Å². The lowest BCUT2D eigenvalue weighted by Gasteiger charge is -2.45. The molecular formula is C16H24N4O3. The molecule has 0 bridgehead atoms. The second kappa shape index (κ2) is 6.41. The largest absolute Gasteiger partial charge is 0.390 e. The lowest BCUT2D eigenvalue weighted by Crippen LogP contribution is -2.58. The fourth-order valence-corrected chi connectivity index (χ4v) is 3.47. The summed E-state index contributed by atoms with van der Waals surface area (Å²) in [4.78, 5) is 32.4. The minimum absolute atomic E-state index is 0.0250. The fraction of sp³-hybridized carbons (Fsp3) is 0.688. The van der Waals surface area contributed by atoms with Gasteiger partial charge in [0.15, 0.2) is 0 Å². The second-order valence-corrected chi connectivity index (χ2v) is 6.63. The molecule has 7 heteroatoms. The summed E-state index contributed by atoms with van der Waals surface area (Å²) >= 11 is 0. The van der Waals surface area contributed by atoms with Crippen molar-refractivity contribution in [1.29, 1.82) is 0 Å². The van der Waals surface area contributed by atoms with Crippen LogP contribution < -0.4 is 5.69 Å². The Kier molecular flexibility index (Phi) is 4.50. The molecule has 1 aromatic heterocycles. The number of carbonyl (C=O) groups excluding carboxylic acids is 1. The molecule has 3 rings (SSSR count). The molecule has 3 heterocycles. The number of amides is 1. The van der Waals surface area contributed by atoms with E-state index in [9.17, 15) is 14.7 Å². The van der Waals surface area contributed by atoms with Gasteiger partial charge < -0.3 is 10.0 Å². The summed E-state index contributed by atoms with van der Waals surface area (Å²) < 4.78 is 1.44. The van der Waals surface area contributed by atoms with E-state index >= 15 is 0 Å². The van der Waals surface area contributed by atoms with Crippen molar-refractivity contribution in [2.75, 3.05) is 26.2 Å². The van der Waals surface area contributed by atoms with Crippen LogP contribution in [0.3, 0.4) is 0 Å². The Balaban J connectivity index is 1.57. The Morgan fingerprint density at radius 3 is 2.52 bits per heavy atom. The molecule has 1 amide bonds. The third-order valence-corrected chi connectivity index (χ3v) is 4.86. The number of rotatable bonds is 3. The average molecular weight is 320 g/mol. The molecule has 0 unspecified atom stereocenters. The molecule has 0 atom stereocenters. The number of nitrogens with zero attached hydrogens (tertiary/aromatic N) is 4. The van der Waals surface area contributed by atoms with Crippen molar-refractivity contribution in [2.24, 2.45) is 0 Å². The predicted molar refractivity (Wildman–Crippen MR) is 85.2 cm³/mol. The molecule has 0 spiro atoms. The van der Waals surface area contributed by atoms with Crippen molar-refractivity contribution in [3.8, 4) is 0 Å². The van der Waals surface area contributed by atoms with Crippen LogP contribution in [0, 0.1) is 13.8 Å².